The van der Waals surface area contributed by atoms with Gasteiger partial charge in [-0.1, -0.05) is 66.8 Å². The number of allylic oxidation sites excluding steroid dienone is 2. The molecule has 0 radical (unpaired) electrons. The van der Waals surface area contributed by atoms with Crippen molar-refractivity contribution in [3.05, 3.63) is 239 Å². The Labute approximate surface area is 535 Å². The first-order chi connectivity index (χ1) is 44.1. The molecule has 3 aliphatic carbocycles. The van der Waals surface area contributed by atoms with Crippen LogP contribution < -0.4 is 50.8 Å². The van der Waals surface area contributed by atoms with Crippen LogP contribution >= 0.6 is 0 Å². The summed E-state index contributed by atoms with van der Waals surface area (Å²) in [5.41, 5.74) is 14.4. The van der Waals surface area contributed by atoms with Crippen molar-refractivity contribution in [2.45, 2.75) is 33.1 Å². The number of aryl methyl sites for hydroxylation is 4. The molecular formula is C68H63FN8O13S3. The number of hydrogen-bond donors (Lipinski definition) is 4. The highest BCUT2D eigenvalue weighted by Gasteiger charge is 2.28. The molecule has 12 rings (SSSR count). The van der Waals surface area contributed by atoms with Gasteiger partial charge in [0.2, 0.25) is 36.0 Å². The summed E-state index contributed by atoms with van der Waals surface area (Å²) in [5, 5.41) is 4.40. The van der Waals surface area contributed by atoms with E-state index in [2.05, 4.69) is 19.3 Å². The molecule has 0 spiro atoms. The maximum Gasteiger partial charge on any atom is 0.270 e. The zero-order valence-corrected chi connectivity index (χ0v) is 53.8. The number of hydrogen-bond acceptors (Lipinski definition) is 14. The minimum atomic E-state index is -3.53. The number of aromatic nitrogens is 4. The second-order valence-electron chi connectivity index (χ2n) is 22.0. The third-order valence-corrected chi connectivity index (χ3v) is 17.4. The van der Waals surface area contributed by atoms with Gasteiger partial charge in [-0.2, -0.15) is 5.10 Å². The molecule has 5 N–H and O–H groups in total. The van der Waals surface area contributed by atoms with Crippen molar-refractivity contribution >= 4 is 71.3 Å². The van der Waals surface area contributed by atoms with Gasteiger partial charge in [-0.3, -0.25) is 33.3 Å². The highest BCUT2D eigenvalue weighted by atomic mass is 32.2. The molecule has 3 aliphatic rings. The van der Waals surface area contributed by atoms with Crippen LogP contribution in [0.3, 0.4) is 0 Å². The van der Waals surface area contributed by atoms with Gasteiger partial charge >= 0.3 is 0 Å². The predicted octanol–water partition coefficient (Wildman–Crippen LogP) is 10.4. The average molecular weight is 1320 g/mol. The number of sulfonamides is 3. The highest BCUT2D eigenvalue weighted by molar-refractivity contribution is 7.92. The number of fused-ring (bicyclic) bond motifs is 3. The van der Waals surface area contributed by atoms with Crippen LogP contribution in [0.1, 0.15) is 45.9 Å². The maximum atomic E-state index is 14.5. The molecule has 0 saturated heterocycles. The van der Waals surface area contributed by atoms with Crippen molar-refractivity contribution in [2.75, 3.05) is 32.4 Å². The average Bonchev–Trinajstić information content (AvgIpc) is 1.74. The number of rotatable bonds is 17. The normalized spacial score (nSPS) is 12.7. The monoisotopic (exact) mass is 1310 g/mol. The van der Waals surface area contributed by atoms with Crippen LogP contribution in [-0.2, 0) is 75.3 Å². The van der Waals surface area contributed by atoms with E-state index in [1.807, 2.05) is 72.8 Å². The van der Waals surface area contributed by atoms with Crippen LogP contribution in [-0.4, -0.2) is 68.3 Å². The SMILES string of the molecule is CCS(=O)(=O)Nc1ccc(Oc2ccc(C)cc2F)c(-c2cn(C)c(=O)c3c2C=CC3)c1.Cn1cc(-c2cc(NS(C)(=O)=O)ccc2Oc2ccccc2)c2c(c1=O)CC=C2.Cn1nc(-c2cc(NS(C)(=O)=O)ccc2Oc2ccccc2)c2c(c1=O)CC(C(N)=O)=C2. The maximum absolute atomic E-state index is 14.5. The summed E-state index contributed by atoms with van der Waals surface area (Å²) < 4.78 is 115. The van der Waals surface area contributed by atoms with Gasteiger partial charge in [0.05, 0.1) is 18.3 Å². The second-order valence-corrected chi connectivity index (χ2v) is 27.6. The Morgan fingerprint density at radius 3 is 1.47 bits per heavy atom. The molecular weight excluding hydrogens is 1250 g/mol. The number of anilines is 3. The number of nitrogens with one attached hydrogen (secondary N) is 3. The van der Waals surface area contributed by atoms with E-state index in [1.54, 1.807) is 130 Å². The summed E-state index contributed by atoms with van der Waals surface area (Å²) in [5.74, 6) is 1.37. The summed E-state index contributed by atoms with van der Waals surface area (Å²) >= 11 is 0. The molecule has 0 aliphatic heterocycles. The van der Waals surface area contributed by atoms with Crippen LogP contribution in [0.25, 0.3) is 51.7 Å². The highest BCUT2D eigenvalue weighted by Crippen LogP contribution is 2.43. The molecule has 1 amide bonds. The van der Waals surface area contributed by atoms with E-state index in [4.69, 9.17) is 19.9 Å². The molecule has 0 saturated carbocycles. The van der Waals surface area contributed by atoms with Crippen LogP contribution in [0, 0.1) is 12.7 Å². The van der Waals surface area contributed by atoms with Crippen molar-refractivity contribution in [2.24, 2.45) is 26.9 Å². The number of amides is 1. The lowest BCUT2D eigenvalue weighted by Crippen LogP contribution is -2.25. The molecule has 478 valence electrons. The Morgan fingerprint density at radius 1 is 0.559 bits per heavy atom. The van der Waals surface area contributed by atoms with Gasteiger partial charge < -0.3 is 29.1 Å². The number of benzene rings is 6. The minimum absolute atomic E-state index is 0.0373. The Bertz CT molecular complexity index is 5130. The standard InChI is InChI=1S/C24H23FN2O4S.C22H20N4O5S.C22H20N2O4S/c1-4-32(29,30)26-16-9-11-22(31-23-10-8-15(2)12-21(23)25)19(13-16)20-14-27(3)24(28)18-7-5-6-17(18)20;1-26-22(28)17-11-13(21(23)27)10-16(17)20(24-26)18-12-14(25-32(2,29)30)8-9-19(18)31-15-6-4-3-5-7-15;1-24-14-20(17-9-6-10-18(17)22(24)25)19-13-15(23-29(2,26)27)11-12-21(19)28-16-7-4-3-5-8-16/h5-6,8-14,26H,4,7H2,1-3H3;3-10,12,25H,11H2,1-2H3,(H2,23,27);3-9,11-14,23H,10H2,1-2H3. The van der Waals surface area contributed by atoms with Gasteiger partial charge in [0.25, 0.3) is 16.7 Å². The molecule has 0 unspecified atom stereocenters. The van der Waals surface area contributed by atoms with E-state index in [0.29, 0.717) is 109 Å². The Hall–Kier alpha value is -10.6. The zero-order chi connectivity index (χ0) is 66.7. The first-order valence-electron chi connectivity index (χ1n) is 28.8. The lowest BCUT2D eigenvalue weighted by molar-refractivity contribution is -0.114. The smallest absolute Gasteiger partial charge is 0.270 e. The number of nitrogens with two attached hydrogens (primary N) is 1. The van der Waals surface area contributed by atoms with E-state index in [1.165, 1.54) is 22.4 Å². The fourth-order valence-electron chi connectivity index (χ4n) is 10.6. The van der Waals surface area contributed by atoms with Gasteiger partial charge in [-0.05, 0) is 140 Å². The molecule has 0 fully saturated rings. The van der Waals surface area contributed by atoms with E-state index < -0.39 is 41.8 Å². The summed E-state index contributed by atoms with van der Waals surface area (Å²) in [6.45, 7) is 3.33. The van der Waals surface area contributed by atoms with Crippen LogP contribution in [0.2, 0.25) is 0 Å². The molecule has 93 heavy (non-hydrogen) atoms. The first kappa shape index (κ1) is 65.3. The van der Waals surface area contributed by atoms with Crippen LogP contribution in [0.4, 0.5) is 21.5 Å². The summed E-state index contributed by atoms with van der Waals surface area (Å²) in [6, 6.07) is 37.7. The second kappa shape index (κ2) is 26.7. The van der Waals surface area contributed by atoms with Gasteiger partial charge in [0.1, 0.15) is 34.4 Å². The Balaban J connectivity index is 0.000000153. The van der Waals surface area contributed by atoms with Crippen LogP contribution in [0.5, 0.6) is 34.5 Å². The molecule has 9 aromatic rings. The van der Waals surface area contributed by atoms with Crippen molar-refractivity contribution in [3.63, 3.8) is 0 Å². The van der Waals surface area contributed by atoms with Gasteiger partial charge in [-0.15, -0.1) is 0 Å². The fraction of sp³-hybridized carbons (Fsp3) is 0.162. The van der Waals surface area contributed by atoms with Crippen molar-refractivity contribution in [1.29, 1.82) is 0 Å². The minimum Gasteiger partial charge on any atom is -0.457 e. The molecule has 3 aromatic heterocycles. The summed E-state index contributed by atoms with van der Waals surface area (Å²) in [7, 11) is -5.59. The topological polar surface area (TPSA) is 288 Å². The fourth-order valence-corrected chi connectivity index (χ4v) is 12.3. The number of pyridine rings is 2. The molecule has 21 nitrogen and oxygen atoms in total. The van der Waals surface area contributed by atoms with Crippen molar-refractivity contribution in [3.8, 4) is 68.0 Å². The largest absolute Gasteiger partial charge is 0.457 e. The predicted molar refractivity (Wildman–Crippen MR) is 360 cm³/mol. The number of primary amides is 1. The van der Waals surface area contributed by atoms with E-state index in [-0.39, 0.29) is 34.6 Å². The lowest BCUT2D eigenvalue weighted by Gasteiger charge is -2.17. The van der Waals surface area contributed by atoms with Gasteiger partial charge in [-0.25, -0.2) is 34.3 Å². The number of ether oxygens (including phenoxy) is 3. The number of halogens is 1. The molecule has 0 atom stereocenters. The molecule has 0 bridgehead atoms. The zero-order valence-electron chi connectivity index (χ0n) is 51.3. The third-order valence-electron chi connectivity index (χ3n) is 14.9. The van der Waals surface area contributed by atoms with Gasteiger partial charge in [0.15, 0.2) is 11.6 Å². The van der Waals surface area contributed by atoms with Gasteiger partial charge in [0, 0.05) is 113 Å². The molecule has 6 aromatic carbocycles. The Kier molecular flexibility index (Phi) is 18.7. The van der Waals surface area contributed by atoms with Crippen molar-refractivity contribution in [1.82, 2.24) is 18.9 Å². The summed E-state index contributed by atoms with van der Waals surface area (Å²) in [4.78, 5) is 49.4. The first-order valence-corrected chi connectivity index (χ1v) is 34.2. The number of nitrogens with zero attached hydrogens (tertiary/aromatic N) is 4. The summed E-state index contributed by atoms with van der Waals surface area (Å²) in [6.07, 6.45) is 16.0. The Morgan fingerprint density at radius 2 is 1.01 bits per heavy atom. The number of carbonyl (C=O) groups excluding carboxylic acids is 1. The third kappa shape index (κ3) is 15.2. The lowest BCUT2D eigenvalue weighted by atomic mass is 9.98. The van der Waals surface area contributed by atoms with E-state index in [9.17, 15) is 48.8 Å². The number of para-hydroxylation sites is 2. The quantitative estimate of drug-likeness (QED) is 0.0660. The molecule has 3 heterocycles. The molecule has 25 heteroatoms. The number of carbonyl (C=O) groups is 1. The van der Waals surface area contributed by atoms with E-state index in [0.717, 1.165) is 40.3 Å². The van der Waals surface area contributed by atoms with E-state index >= 15 is 0 Å². The van der Waals surface area contributed by atoms with Crippen molar-refractivity contribution < 1.29 is 48.6 Å². The van der Waals surface area contributed by atoms with Crippen LogP contribution in [0.15, 0.2) is 178 Å².